The predicted molar refractivity (Wildman–Crippen MR) is 94.4 cm³/mol. The van der Waals surface area contributed by atoms with Crippen LogP contribution in [0.4, 0.5) is 10.2 Å². The molecule has 3 aromatic rings. The number of nitrogens with one attached hydrogen (secondary N) is 3. The predicted octanol–water partition coefficient (Wildman–Crippen LogP) is 0.655. The molecule has 146 valence electrons. The Bertz CT molecular complexity index is 1090. The fraction of sp³-hybridized carbons (Fsp3) is 0.312. The van der Waals surface area contributed by atoms with Crippen LogP contribution in [-0.4, -0.2) is 36.1 Å². The summed E-state index contributed by atoms with van der Waals surface area (Å²) in [7, 11) is 1.57. The Morgan fingerprint density at radius 1 is 1.50 bits per heavy atom. The van der Waals surface area contributed by atoms with Gasteiger partial charge in [-0.1, -0.05) is 6.07 Å². The van der Waals surface area contributed by atoms with Gasteiger partial charge in [-0.2, -0.15) is 5.10 Å². The van der Waals surface area contributed by atoms with Gasteiger partial charge in [0, 0.05) is 7.05 Å². The van der Waals surface area contributed by atoms with Crippen molar-refractivity contribution >= 4 is 11.7 Å². The average molecular weight is 388 g/mol. The summed E-state index contributed by atoms with van der Waals surface area (Å²) < 4.78 is 19.7. The van der Waals surface area contributed by atoms with Gasteiger partial charge in [-0.05, 0) is 46.4 Å². The van der Waals surface area contributed by atoms with Crippen LogP contribution in [0.1, 0.15) is 35.1 Å². The average Bonchev–Trinajstić information content (AvgIpc) is 3.39. The van der Waals surface area contributed by atoms with E-state index in [2.05, 4.69) is 30.8 Å². The van der Waals surface area contributed by atoms with Gasteiger partial charge in [0.1, 0.15) is 5.82 Å². The van der Waals surface area contributed by atoms with Crippen LogP contribution in [0.3, 0.4) is 0 Å². The Kier molecular flexibility index (Phi) is 4.61. The number of rotatable bonds is 5. The number of H-pyrrole nitrogens is 1. The first kappa shape index (κ1) is 17.9. The van der Waals surface area contributed by atoms with E-state index in [1.807, 2.05) is 5.48 Å². The number of aromatic nitrogens is 5. The molecule has 1 aromatic carbocycles. The van der Waals surface area contributed by atoms with Crippen LogP contribution in [0, 0.1) is 5.82 Å². The molecule has 11 nitrogen and oxygen atoms in total. The molecule has 12 heteroatoms. The summed E-state index contributed by atoms with van der Waals surface area (Å²) in [5, 5.41) is 26.2. The number of hydroxylamine groups is 1. The quantitative estimate of drug-likeness (QED) is 0.283. The molecular weight excluding hydrogens is 371 g/mol. The highest BCUT2D eigenvalue weighted by atomic mass is 19.1. The molecule has 0 aliphatic heterocycles. The minimum absolute atomic E-state index is 0.0294. The number of nitrogens with zero attached hydrogens (tertiary/aromatic N) is 5. The fourth-order valence-electron chi connectivity index (χ4n) is 3.14. The van der Waals surface area contributed by atoms with E-state index in [4.69, 9.17) is 4.63 Å². The van der Waals surface area contributed by atoms with Crippen LogP contribution >= 0.6 is 0 Å². The fourth-order valence-corrected chi connectivity index (χ4v) is 3.14. The zero-order valence-electron chi connectivity index (χ0n) is 14.8. The molecule has 4 N–H and O–H groups in total. The molecule has 1 unspecified atom stereocenters. The van der Waals surface area contributed by atoms with Crippen molar-refractivity contribution in [1.29, 1.82) is 0 Å². The van der Waals surface area contributed by atoms with Crippen molar-refractivity contribution in [2.75, 3.05) is 5.32 Å². The summed E-state index contributed by atoms with van der Waals surface area (Å²) >= 11 is 0. The molecule has 2 aromatic heterocycles. The number of anilines is 1. The number of aliphatic imine (C=N–C) groups is 1. The zero-order chi connectivity index (χ0) is 19.7. The Morgan fingerprint density at radius 2 is 2.36 bits per heavy atom. The van der Waals surface area contributed by atoms with E-state index in [0.29, 0.717) is 12.2 Å². The van der Waals surface area contributed by atoms with Crippen LogP contribution in [0.2, 0.25) is 0 Å². The maximum Gasteiger partial charge on any atom is 0.343 e. The van der Waals surface area contributed by atoms with Gasteiger partial charge in [-0.15, -0.1) is 0 Å². The molecule has 0 saturated heterocycles. The second-order valence-corrected chi connectivity index (χ2v) is 6.31. The molecule has 0 saturated carbocycles. The molecule has 4 rings (SSSR count). The maximum absolute atomic E-state index is 13.6. The smallest absolute Gasteiger partial charge is 0.343 e. The summed E-state index contributed by atoms with van der Waals surface area (Å²) in [4.78, 5) is 15.9. The van der Waals surface area contributed by atoms with Crippen molar-refractivity contribution in [3.8, 4) is 0 Å². The SMILES string of the molecule is Cn1c(CNc2nonc2C(=NC2CCc3ccc(F)cc32)NO)n[nH]c1=O. The lowest BCUT2D eigenvalue weighted by Gasteiger charge is -2.10. The van der Waals surface area contributed by atoms with Crippen LogP contribution in [-0.2, 0) is 20.0 Å². The van der Waals surface area contributed by atoms with Gasteiger partial charge in [0.15, 0.2) is 17.4 Å². The van der Waals surface area contributed by atoms with Crippen molar-refractivity contribution in [2.24, 2.45) is 12.0 Å². The van der Waals surface area contributed by atoms with Gasteiger partial charge in [-0.3, -0.25) is 20.2 Å². The van der Waals surface area contributed by atoms with E-state index in [0.717, 1.165) is 17.5 Å². The summed E-state index contributed by atoms with van der Waals surface area (Å²) in [5.74, 6) is 0.332. The van der Waals surface area contributed by atoms with Crippen LogP contribution in [0.5, 0.6) is 0 Å². The van der Waals surface area contributed by atoms with Crippen molar-refractivity contribution in [3.63, 3.8) is 0 Å². The Balaban J connectivity index is 1.58. The third-order valence-electron chi connectivity index (χ3n) is 4.64. The van der Waals surface area contributed by atoms with Gasteiger partial charge in [0.05, 0.1) is 12.6 Å². The molecule has 2 heterocycles. The van der Waals surface area contributed by atoms with E-state index in [9.17, 15) is 14.4 Å². The second-order valence-electron chi connectivity index (χ2n) is 6.31. The monoisotopic (exact) mass is 388 g/mol. The van der Waals surface area contributed by atoms with E-state index in [1.165, 1.54) is 16.7 Å². The number of aryl methyl sites for hydroxylation is 1. The molecule has 0 spiro atoms. The Morgan fingerprint density at radius 3 is 3.11 bits per heavy atom. The van der Waals surface area contributed by atoms with E-state index >= 15 is 0 Å². The largest absolute Gasteiger partial charge is 0.358 e. The first-order valence-electron chi connectivity index (χ1n) is 8.50. The molecular formula is C16H17FN8O3. The van der Waals surface area contributed by atoms with Crippen LogP contribution < -0.4 is 16.5 Å². The zero-order valence-corrected chi connectivity index (χ0v) is 14.8. The normalized spacial score (nSPS) is 16.2. The summed E-state index contributed by atoms with van der Waals surface area (Å²) in [5.41, 5.74) is 3.59. The molecule has 28 heavy (non-hydrogen) atoms. The first-order valence-corrected chi connectivity index (χ1v) is 8.50. The Labute approximate surface area is 157 Å². The van der Waals surface area contributed by atoms with Gasteiger partial charge in [0.2, 0.25) is 5.82 Å². The highest BCUT2D eigenvalue weighted by Crippen LogP contribution is 2.35. The minimum atomic E-state index is -0.346. The van der Waals surface area contributed by atoms with Gasteiger partial charge in [-0.25, -0.2) is 18.9 Å². The molecule has 1 aliphatic carbocycles. The number of hydrogen-bond acceptors (Lipinski definition) is 8. The van der Waals surface area contributed by atoms with E-state index in [1.54, 1.807) is 13.1 Å². The minimum Gasteiger partial charge on any atom is -0.358 e. The number of fused-ring (bicyclic) bond motifs is 1. The lowest BCUT2D eigenvalue weighted by Crippen LogP contribution is -2.23. The summed E-state index contributed by atoms with van der Waals surface area (Å²) in [6.45, 7) is 0.159. The first-order chi connectivity index (χ1) is 13.6. The highest BCUT2D eigenvalue weighted by molar-refractivity contribution is 6.00. The number of aromatic amines is 1. The van der Waals surface area contributed by atoms with Crippen molar-refractivity contribution < 1.29 is 14.2 Å². The molecule has 0 amide bonds. The van der Waals surface area contributed by atoms with Crippen LogP contribution in [0.15, 0.2) is 32.6 Å². The third kappa shape index (κ3) is 3.24. The van der Waals surface area contributed by atoms with Gasteiger partial charge < -0.3 is 5.32 Å². The topological polar surface area (TPSA) is 146 Å². The summed E-state index contributed by atoms with van der Waals surface area (Å²) in [6, 6.07) is 4.27. The number of hydrogen-bond donors (Lipinski definition) is 4. The van der Waals surface area contributed by atoms with Crippen molar-refractivity contribution in [3.05, 3.63) is 57.1 Å². The number of amidine groups is 1. The lowest BCUT2D eigenvalue weighted by atomic mass is 10.1. The van der Waals surface area contributed by atoms with Crippen molar-refractivity contribution in [1.82, 2.24) is 30.6 Å². The standard InChI is InChI=1S/C16H17FN8O3/c1-25-12(20-21-16(25)26)7-18-14-13(23-28-24-14)15(22-27)19-11-5-3-8-2-4-9(17)6-10(8)11/h2,4,6,11,27H,3,5,7H2,1H3,(H,18,24)(H,19,22)(H,21,26). The van der Waals surface area contributed by atoms with E-state index < -0.39 is 0 Å². The number of benzene rings is 1. The third-order valence-corrected chi connectivity index (χ3v) is 4.64. The maximum atomic E-state index is 13.6. The van der Waals surface area contributed by atoms with Gasteiger partial charge >= 0.3 is 5.69 Å². The molecule has 0 radical (unpaired) electrons. The van der Waals surface area contributed by atoms with Gasteiger partial charge in [0.25, 0.3) is 0 Å². The van der Waals surface area contributed by atoms with E-state index in [-0.39, 0.29) is 41.4 Å². The van der Waals surface area contributed by atoms with Crippen LogP contribution in [0.25, 0.3) is 0 Å². The van der Waals surface area contributed by atoms with Crippen molar-refractivity contribution in [2.45, 2.75) is 25.4 Å². The second kappa shape index (κ2) is 7.23. The Hall–Kier alpha value is -3.54. The summed E-state index contributed by atoms with van der Waals surface area (Å²) in [6.07, 6.45) is 1.44. The molecule has 0 fully saturated rings. The molecule has 1 aliphatic rings. The molecule has 0 bridgehead atoms. The lowest BCUT2D eigenvalue weighted by molar-refractivity contribution is 0.233. The number of halogens is 1. The highest BCUT2D eigenvalue weighted by Gasteiger charge is 2.25. The molecule has 1 atom stereocenters.